The molecular weight excluding hydrogens is 388 g/mol. The van der Waals surface area contributed by atoms with E-state index >= 15 is 0 Å². The Morgan fingerprint density at radius 1 is 1.24 bits per heavy atom. The van der Waals surface area contributed by atoms with Crippen molar-refractivity contribution in [2.24, 2.45) is 0 Å². The summed E-state index contributed by atoms with van der Waals surface area (Å²) in [6.45, 7) is 1.51. The largest absolute Gasteiger partial charge is 0.440 e. The predicted molar refractivity (Wildman–Crippen MR) is 113 cm³/mol. The molecule has 1 aromatic heterocycles. The first-order valence-corrected chi connectivity index (χ1v) is 10.5. The van der Waals surface area contributed by atoms with E-state index in [9.17, 15) is 4.79 Å². The summed E-state index contributed by atoms with van der Waals surface area (Å²) in [6.07, 6.45) is 5.13. The fraction of sp³-hybridized carbons (Fsp3) is 0.391. The first-order chi connectivity index (χ1) is 14.1. The number of aromatic nitrogens is 1. The van der Waals surface area contributed by atoms with Crippen LogP contribution >= 0.6 is 11.6 Å². The first-order valence-electron chi connectivity index (χ1n) is 10.1. The lowest BCUT2D eigenvalue weighted by Crippen LogP contribution is -2.31. The summed E-state index contributed by atoms with van der Waals surface area (Å²) in [5.74, 6) is 0.588. The fourth-order valence-corrected chi connectivity index (χ4v) is 3.91. The van der Waals surface area contributed by atoms with Crippen LogP contribution in [-0.4, -0.2) is 42.1 Å². The van der Waals surface area contributed by atoms with E-state index in [1.165, 1.54) is 6.42 Å². The Labute approximate surface area is 175 Å². The summed E-state index contributed by atoms with van der Waals surface area (Å²) in [7, 11) is 1.83. The molecule has 0 bridgehead atoms. The summed E-state index contributed by atoms with van der Waals surface area (Å²) in [6, 6.07) is 13.1. The lowest BCUT2D eigenvalue weighted by atomic mass is 10.1. The van der Waals surface area contributed by atoms with Crippen LogP contribution in [-0.2, 0) is 11.2 Å². The second kappa shape index (κ2) is 8.97. The number of nitrogens with zero attached hydrogens (tertiary/aromatic N) is 2. The zero-order chi connectivity index (χ0) is 20.2. The van der Waals surface area contributed by atoms with Crippen molar-refractivity contribution < 1.29 is 13.9 Å². The molecule has 0 N–H and O–H groups in total. The van der Waals surface area contributed by atoms with Gasteiger partial charge in [-0.2, -0.15) is 0 Å². The number of hydrogen-bond acceptors (Lipinski definition) is 4. The molecule has 0 saturated carbocycles. The minimum atomic E-state index is -0.0181. The molecule has 4 rings (SSSR count). The molecule has 0 radical (unpaired) electrons. The van der Waals surface area contributed by atoms with E-state index in [2.05, 4.69) is 4.98 Å². The van der Waals surface area contributed by atoms with Gasteiger partial charge < -0.3 is 14.1 Å². The zero-order valence-corrected chi connectivity index (χ0v) is 17.3. The third kappa shape index (κ3) is 4.98. The van der Waals surface area contributed by atoms with Crippen molar-refractivity contribution in [1.29, 1.82) is 0 Å². The number of amides is 1. The van der Waals surface area contributed by atoms with Gasteiger partial charge in [-0.25, -0.2) is 4.98 Å². The number of oxazole rings is 1. The standard InChI is InChI=1S/C23H25ClN2O3/c1-26(11-10-19-7-2-3-12-28-19)23(27)17-8-9-20-21(15-17)29-22(25-20)14-16-5-4-6-18(24)13-16/h4-6,8-9,13,15,19H,2-3,7,10-12,14H2,1H3/t19-/m1/s1. The van der Waals surface area contributed by atoms with Gasteiger partial charge in [-0.05, 0) is 61.6 Å². The minimum absolute atomic E-state index is 0.0181. The topological polar surface area (TPSA) is 55.6 Å². The van der Waals surface area contributed by atoms with Crippen LogP contribution < -0.4 is 0 Å². The van der Waals surface area contributed by atoms with Gasteiger partial charge in [0.25, 0.3) is 5.91 Å². The predicted octanol–water partition coefficient (Wildman–Crippen LogP) is 5.10. The highest BCUT2D eigenvalue weighted by molar-refractivity contribution is 6.30. The van der Waals surface area contributed by atoms with Crippen LogP contribution in [0.2, 0.25) is 5.02 Å². The summed E-state index contributed by atoms with van der Waals surface area (Å²) < 4.78 is 11.7. The highest BCUT2D eigenvalue weighted by Gasteiger charge is 2.18. The molecule has 6 heteroatoms. The lowest BCUT2D eigenvalue weighted by Gasteiger charge is -2.25. The van der Waals surface area contributed by atoms with E-state index in [1.54, 1.807) is 11.0 Å². The third-order valence-electron chi connectivity index (χ3n) is 5.33. The van der Waals surface area contributed by atoms with E-state index in [0.717, 1.165) is 36.9 Å². The molecule has 2 heterocycles. The zero-order valence-electron chi connectivity index (χ0n) is 16.6. The second-order valence-electron chi connectivity index (χ2n) is 7.60. The molecule has 0 aliphatic carbocycles. The monoisotopic (exact) mass is 412 g/mol. The molecular formula is C23H25ClN2O3. The van der Waals surface area contributed by atoms with Crippen molar-refractivity contribution in [1.82, 2.24) is 9.88 Å². The van der Waals surface area contributed by atoms with Crippen LogP contribution in [0.5, 0.6) is 0 Å². The van der Waals surface area contributed by atoms with Crippen molar-refractivity contribution in [2.75, 3.05) is 20.2 Å². The van der Waals surface area contributed by atoms with Gasteiger partial charge in [-0.15, -0.1) is 0 Å². The molecule has 1 amide bonds. The SMILES string of the molecule is CN(CC[C@H]1CCCCO1)C(=O)c1ccc2nc(Cc3cccc(Cl)c3)oc2c1. The number of hydrogen-bond donors (Lipinski definition) is 0. The summed E-state index contributed by atoms with van der Waals surface area (Å²) in [5.41, 5.74) is 3.01. The van der Waals surface area contributed by atoms with E-state index in [4.69, 9.17) is 20.8 Å². The molecule has 3 aromatic rings. The van der Waals surface area contributed by atoms with Crippen LogP contribution in [0.25, 0.3) is 11.1 Å². The number of ether oxygens (including phenoxy) is 1. The van der Waals surface area contributed by atoms with E-state index in [0.29, 0.717) is 35.0 Å². The fourth-order valence-electron chi connectivity index (χ4n) is 3.70. The third-order valence-corrected chi connectivity index (χ3v) is 5.57. The van der Waals surface area contributed by atoms with Gasteiger partial charge in [-0.1, -0.05) is 23.7 Å². The maximum absolute atomic E-state index is 12.8. The maximum Gasteiger partial charge on any atom is 0.253 e. The highest BCUT2D eigenvalue weighted by Crippen LogP contribution is 2.22. The minimum Gasteiger partial charge on any atom is -0.440 e. The number of carbonyl (C=O) groups is 1. The van der Waals surface area contributed by atoms with Crippen LogP contribution in [0, 0.1) is 0 Å². The van der Waals surface area contributed by atoms with Crippen LogP contribution in [0.1, 0.15) is 47.5 Å². The molecule has 152 valence electrons. The molecule has 5 nitrogen and oxygen atoms in total. The van der Waals surface area contributed by atoms with E-state index in [1.807, 2.05) is 43.4 Å². The molecule has 1 aliphatic heterocycles. The Balaban J connectivity index is 1.42. The Hall–Kier alpha value is -2.37. The smallest absolute Gasteiger partial charge is 0.253 e. The lowest BCUT2D eigenvalue weighted by molar-refractivity contribution is 0.00709. The molecule has 1 aliphatic rings. The highest BCUT2D eigenvalue weighted by atomic mass is 35.5. The van der Waals surface area contributed by atoms with Gasteiger partial charge in [0, 0.05) is 37.2 Å². The van der Waals surface area contributed by atoms with Crippen molar-refractivity contribution in [2.45, 2.75) is 38.2 Å². The molecule has 0 spiro atoms. The number of rotatable bonds is 6. The van der Waals surface area contributed by atoms with Crippen molar-refractivity contribution in [3.8, 4) is 0 Å². The summed E-state index contributed by atoms with van der Waals surface area (Å²) in [5, 5.41) is 0.688. The Morgan fingerprint density at radius 2 is 2.14 bits per heavy atom. The van der Waals surface area contributed by atoms with Gasteiger partial charge in [0.1, 0.15) is 5.52 Å². The van der Waals surface area contributed by atoms with Crippen molar-refractivity contribution in [3.05, 3.63) is 64.5 Å². The maximum atomic E-state index is 12.8. The van der Waals surface area contributed by atoms with Gasteiger partial charge >= 0.3 is 0 Å². The molecule has 1 atom stereocenters. The molecule has 0 unspecified atom stereocenters. The Morgan fingerprint density at radius 3 is 2.93 bits per heavy atom. The van der Waals surface area contributed by atoms with Gasteiger partial charge in [0.2, 0.25) is 0 Å². The van der Waals surface area contributed by atoms with Crippen molar-refractivity contribution >= 4 is 28.6 Å². The number of fused-ring (bicyclic) bond motifs is 1. The van der Waals surface area contributed by atoms with Crippen LogP contribution in [0.15, 0.2) is 46.9 Å². The Bertz CT molecular complexity index is 995. The average molecular weight is 413 g/mol. The van der Waals surface area contributed by atoms with Crippen LogP contribution in [0.4, 0.5) is 0 Å². The summed E-state index contributed by atoms with van der Waals surface area (Å²) >= 11 is 6.05. The van der Waals surface area contributed by atoms with Crippen LogP contribution in [0.3, 0.4) is 0 Å². The van der Waals surface area contributed by atoms with Gasteiger partial charge in [0.15, 0.2) is 11.5 Å². The second-order valence-corrected chi connectivity index (χ2v) is 8.04. The molecule has 1 saturated heterocycles. The molecule has 2 aromatic carbocycles. The van der Waals surface area contributed by atoms with E-state index < -0.39 is 0 Å². The average Bonchev–Trinajstić information content (AvgIpc) is 3.13. The summed E-state index contributed by atoms with van der Waals surface area (Å²) in [4.78, 5) is 19.1. The number of benzene rings is 2. The quantitative estimate of drug-likeness (QED) is 0.565. The van der Waals surface area contributed by atoms with Gasteiger partial charge in [-0.3, -0.25) is 4.79 Å². The molecule has 29 heavy (non-hydrogen) atoms. The van der Waals surface area contributed by atoms with E-state index in [-0.39, 0.29) is 12.0 Å². The normalized spacial score (nSPS) is 16.8. The number of halogens is 1. The first kappa shape index (κ1) is 19.9. The number of carbonyl (C=O) groups excluding carboxylic acids is 1. The van der Waals surface area contributed by atoms with Gasteiger partial charge in [0.05, 0.1) is 6.10 Å². The molecule has 1 fully saturated rings. The Kier molecular flexibility index (Phi) is 6.16. The van der Waals surface area contributed by atoms with Crippen molar-refractivity contribution in [3.63, 3.8) is 0 Å².